The number of esters is 1. The van der Waals surface area contributed by atoms with Crippen LogP contribution in [0.15, 0.2) is 23.8 Å². The van der Waals surface area contributed by atoms with Crippen LogP contribution in [0.5, 0.6) is 0 Å². The Morgan fingerprint density at radius 3 is 2.54 bits per heavy atom. The molecule has 4 aliphatic rings. The predicted octanol–water partition coefficient (Wildman–Crippen LogP) is 2.50. The first-order valence-corrected chi connectivity index (χ1v) is 14.7. The van der Waals surface area contributed by atoms with Gasteiger partial charge in [0.2, 0.25) is 11.7 Å². The number of allylic oxidation sites excluding steroid dienone is 4. The molecule has 0 unspecified atom stereocenters. The molecular formula is C31H43NO9. The molecule has 3 fully saturated rings. The van der Waals surface area contributed by atoms with E-state index in [2.05, 4.69) is 12.2 Å². The summed E-state index contributed by atoms with van der Waals surface area (Å²) in [6.45, 7) is 6.78. The number of carboxylic acid groups (broad SMARTS) is 1. The van der Waals surface area contributed by atoms with Crippen molar-refractivity contribution < 1.29 is 44.0 Å². The lowest BCUT2D eigenvalue weighted by atomic mass is 9.46. The van der Waals surface area contributed by atoms with Gasteiger partial charge in [-0.2, -0.15) is 0 Å². The standard InChI is InChI=1S/C31H43NO9/c1-5-17(2)27(28(38)39)32-24(36)8-9-25(37)41-16-23(35)31(40)13-11-21-20-7-6-18-14-19(33)10-12-29(18,3)26(20)22(34)15-30(21,31)4/h10,12,14,17,20-22,26-27,34,40H,5-9,11,13,15-16H2,1-4H3,(H,32,36)(H,38,39)/t17-,20+,21+,22+,26-,27-,29+,30+,31+/m1/s1. The van der Waals surface area contributed by atoms with Gasteiger partial charge >= 0.3 is 11.9 Å². The number of aliphatic hydroxyl groups excluding tert-OH is 1. The number of aliphatic hydroxyl groups is 2. The van der Waals surface area contributed by atoms with Crippen LogP contribution in [-0.4, -0.2) is 69.1 Å². The molecule has 0 aromatic carbocycles. The first kappa shape index (κ1) is 31.1. The monoisotopic (exact) mass is 573 g/mol. The topological polar surface area (TPSA) is 167 Å². The highest BCUT2D eigenvalue weighted by molar-refractivity contribution is 6.01. The predicted molar refractivity (Wildman–Crippen MR) is 147 cm³/mol. The van der Waals surface area contributed by atoms with E-state index in [-0.39, 0.29) is 55.1 Å². The Labute approximate surface area is 240 Å². The van der Waals surface area contributed by atoms with E-state index in [0.717, 1.165) is 18.4 Å². The summed E-state index contributed by atoms with van der Waals surface area (Å²) in [5.74, 6) is -3.61. The fraction of sp³-hybridized carbons (Fsp3) is 0.710. The Morgan fingerprint density at radius 1 is 1.17 bits per heavy atom. The number of carbonyl (C=O) groups is 5. The van der Waals surface area contributed by atoms with Crippen LogP contribution in [-0.2, 0) is 28.7 Å². The van der Waals surface area contributed by atoms with Crippen LogP contribution in [0.3, 0.4) is 0 Å². The second kappa shape index (κ2) is 11.4. The van der Waals surface area contributed by atoms with Gasteiger partial charge in [0.05, 0.1) is 12.5 Å². The molecule has 0 aromatic rings. The highest BCUT2D eigenvalue weighted by Gasteiger charge is 2.68. The van der Waals surface area contributed by atoms with Crippen molar-refractivity contribution in [3.05, 3.63) is 23.8 Å². The van der Waals surface area contributed by atoms with Gasteiger partial charge in [-0.1, -0.05) is 45.8 Å². The van der Waals surface area contributed by atoms with Gasteiger partial charge in [0.25, 0.3) is 0 Å². The van der Waals surface area contributed by atoms with E-state index in [1.165, 1.54) is 0 Å². The first-order valence-electron chi connectivity index (χ1n) is 14.7. The Hall–Kier alpha value is -2.85. The van der Waals surface area contributed by atoms with Gasteiger partial charge in [-0.3, -0.25) is 19.2 Å². The number of ketones is 2. The zero-order valence-electron chi connectivity index (χ0n) is 24.4. The normalized spacial score (nSPS) is 37.1. The van der Waals surface area contributed by atoms with E-state index in [1.807, 2.05) is 19.9 Å². The number of rotatable bonds is 10. The minimum atomic E-state index is -1.78. The minimum absolute atomic E-state index is 0.0265. The molecule has 0 spiro atoms. The average Bonchev–Trinajstić information content (AvgIpc) is 3.19. The Morgan fingerprint density at radius 2 is 1.88 bits per heavy atom. The smallest absolute Gasteiger partial charge is 0.326 e. The number of fused-ring (bicyclic) bond motifs is 5. The van der Waals surface area contributed by atoms with Gasteiger partial charge in [0.1, 0.15) is 11.6 Å². The molecule has 10 heteroatoms. The summed E-state index contributed by atoms with van der Waals surface area (Å²) in [6, 6.07) is -1.06. The van der Waals surface area contributed by atoms with Crippen molar-refractivity contribution in [2.45, 2.75) is 96.8 Å². The Kier molecular flexibility index (Phi) is 8.67. The summed E-state index contributed by atoms with van der Waals surface area (Å²) in [5, 5.41) is 35.0. The lowest BCUT2D eigenvalue weighted by Crippen LogP contribution is -2.61. The molecule has 4 aliphatic carbocycles. The molecule has 4 rings (SSSR count). The molecular weight excluding hydrogens is 530 g/mol. The van der Waals surface area contributed by atoms with Crippen LogP contribution in [0.2, 0.25) is 0 Å². The van der Waals surface area contributed by atoms with Gasteiger partial charge in [-0.05, 0) is 62.0 Å². The summed E-state index contributed by atoms with van der Waals surface area (Å²) < 4.78 is 5.15. The number of nitrogens with one attached hydrogen (secondary N) is 1. The summed E-state index contributed by atoms with van der Waals surface area (Å²) in [6.07, 6.45) is 6.76. The van der Waals surface area contributed by atoms with Gasteiger partial charge in [-0.25, -0.2) is 4.79 Å². The lowest BCUT2D eigenvalue weighted by molar-refractivity contribution is -0.181. The van der Waals surface area contributed by atoms with Crippen molar-refractivity contribution in [2.24, 2.45) is 34.5 Å². The van der Waals surface area contributed by atoms with E-state index in [1.54, 1.807) is 19.1 Å². The number of hydrogen-bond acceptors (Lipinski definition) is 8. The van der Waals surface area contributed by atoms with Crippen molar-refractivity contribution >= 4 is 29.4 Å². The van der Waals surface area contributed by atoms with Gasteiger partial charge < -0.3 is 25.4 Å². The fourth-order valence-corrected chi connectivity index (χ4v) is 8.27. The van der Waals surface area contributed by atoms with Gasteiger partial charge in [-0.15, -0.1) is 0 Å². The highest BCUT2D eigenvalue weighted by atomic mass is 16.5. The SMILES string of the molecule is CC[C@@H](C)[C@@H](NC(=O)CCC(=O)OCC(=O)[C@@]1(O)CC[C@H]2[C@@H]3CCC4=CC(=O)C=C[C@]4(C)[C@H]3[C@@H](O)C[C@@]21C)C(=O)O. The van der Waals surface area contributed by atoms with Crippen molar-refractivity contribution in [3.8, 4) is 0 Å². The second-order valence-electron chi connectivity index (χ2n) is 13.0. The zero-order valence-corrected chi connectivity index (χ0v) is 24.4. The molecule has 226 valence electrons. The molecule has 0 bridgehead atoms. The van der Waals surface area contributed by atoms with Crippen molar-refractivity contribution in [1.29, 1.82) is 0 Å². The fourth-order valence-electron chi connectivity index (χ4n) is 8.27. The maximum Gasteiger partial charge on any atom is 0.326 e. The molecule has 0 aliphatic heterocycles. The van der Waals surface area contributed by atoms with Crippen LogP contribution >= 0.6 is 0 Å². The molecule has 0 heterocycles. The molecule has 9 atom stereocenters. The van der Waals surface area contributed by atoms with Crippen LogP contribution < -0.4 is 5.32 Å². The van der Waals surface area contributed by atoms with Crippen LogP contribution in [0, 0.1) is 34.5 Å². The number of amides is 1. The number of Topliss-reactive ketones (excluding diaryl/α,β-unsaturated/α-hetero) is 1. The number of ether oxygens (including phenoxy) is 1. The summed E-state index contributed by atoms with van der Waals surface area (Å²) in [4.78, 5) is 61.4. The molecule has 10 nitrogen and oxygen atoms in total. The highest BCUT2D eigenvalue weighted by Crippen LogP contribution is 2.67. The van der Waals surface area contributed by atoms with Crippen molar-refractivity contribution in [1.82, 2.24) is 5.32 Å². The average molecular weight is 574 g/mol. The van der Waals surface area contributed by atoms with Gasteiger partial charge in [0, 0.05) is 23.2 Å². The third-order valence-corrected chi connectivity index (χ3v) is 10.8. The lowest BCUT2D eigenvalue weighted by Gasteiger charge is -2.59. The maximum atomic E-state index is 13.4. The largest absolute Gasteiger partial charge is 0.480 e. The summed E-state index contributed by atoms with van der Waals surface area (Å²) in [7, 11) is 0. The molecule has 0 aromatic heterocycles. The van der Waals surface area contributed by atoms with E-state index >= 15 is 0 Å². The minimum Gasteiger partial charge on any atom is -0.480 e. The van der Waals surface area contributed by atoms with Crippen LogP contribution in [0.4, 0.5) is 0 Å². The second-order valence-corrected chi connectivity index (χ2v) is 13.0. The van der Waals surface area contributed by atoms with Crippen LogP contribution in [0.1, 0.15) is 79.1 Å². The third kappa shape index (κ3) is 5.41. The molecule has 0 saturated heterocycles. The number of carboxylic acids is 1. The zero-order chi connectivity index (χ0) is 30.3. The Bertz CT molecular complexity index is 1180. The molecule has 3 saturated carbocycles. The number of carbonyl (C=O) groups excluding carboxylic acids is 4. The Balaban J connectivity index is 1.37. The van der Waals surface area contributed by atoms with Crippen LogP contribution in [0.25, 0.3) is 0 Å². The third-order valence-electron chi connectivity index (χ3n) is 10.8. The quantitative estimate of drug-likeness (QED) is 0.287. The number of aliphatic carboxylic acids is 1. The molecule has 41 heavy (non-hydrogen) atoms. The van der Waals surface area contributed by atoms with Crippen molar-refractivity contribution in [2.75, 3.05) is 6.61 Å². The van der Waals surface area contributed by atoms with E-state index < -0.39 is 58.8 Å². The van der Waals surface area contributed by atoms with E-state index in [4.69, 9.17) is 4.74 Å². The summed E-state index contributed by atoms with van der Waals surface area (Å²) >= 11 is 0. The van der Waals surface area contributed by atoms with Crippen molar-refractivity contribution in [3.63, 3.8) is 0 Å². The molecule has 0 radical (unpaired) electrons. The molecule has 1 amide bonds. The first-order chi connectivity index (χ1) is 19.2. The van der Waals surface area contributed by atoms with Gasteiger partial charge in [0.15, 0.2) is 12.4 Å². The number of hydrogen-bond donors (Lipinski definition) is 4. The molecule has 4 N–H and O–H groups in total. The summed E-state index contributed by atoms with van der Waals surface area (Å²) in [5.41, 5.74) is -2.12. The van der Waals surface area contributed by atoms with E-state index in [9.17, 15) is 39.3 Å². The maximum absolute atomic E-state index is 13.4. The van der Waals surface area contributed by atoms with E-state index in [0.29, 0.717) is 12.8 Å².